The molecule has 0 radical (unpaired) electrons. The molecule has 7 nitrogen and oxygen atoms in total. The number of nitrogens with one attached hydrogen (secondary N) is 1. The summed E-state index contributed by atoms with van der Waals surface area (Å²) in [6, 6.07) is 0. The summed E-state index contributed by atoms with van der Waals surface area (Å²) >= 11 is 0. The maximum atomic E-state index is 11.5. The minimum absolute atomic E-state index is 0.0127. The minimum atomic E-state index is -1.01. The third-order valence-corrected chi connectivity index (χ3v) is 3.34. The number of amides is 1. The van der Waals surface area contributed by atoms with E-state index in [2.05, 4.69) is 17.0 Å². The number of carboxylic acid groups (broad SMARTS) is 1. The number of carboxylic acids is 1. The summed E-state index contributed by atoms with van der Waals surface area (Å²) in [4.78, 5) is 33.5. The van der Waals surface area contributed by atoms with Gasteiger partial charge in [0.1, 0.15) is 0 Å². The first-order valence-electron chi connectivity index (χ1n) is 7.64. The SMILES string of the molecule is CCC[C@@H](CC)CC(CNC(=O)O[C@@H](C)OC(C)=O)C(=O)O. The number of ether oxygens (including phenoxy) is 2. The van der Waals surface area contributed by atoms with Crippen molar-refractivity contribution in [2.75, 3.05) is 6.54 Å². The largest absolute Gasteiger partial charge is 0.481 e. The standard InChI is InChI=1S/C15H27NO6/c1-5-7-12(6-2)8-13(14(18)19)9-16-15(20)22-11(4)21-10(3)17/h11-13H,5-9H2,1-4H3,(H,16,20)(H,18,19)/t11-,12+,13?/m0/s1. The Kier molecular flexibility index (Phi) is 9.98. The van der Waals surface area contributed by atoms with Gasteiger partial charge in [0.2, 0.25) is 6.29 Å². The normalized spacial score (nSPS) is 14.5. The molecule has 0 aliphatic carbocycles. The van der Waals surface area contributed by atoms with Gasteiger partial charge in [-0.2, -0.15) is 0 Å². The quantitative estimate of drug-likeness (QED) is 0.474. The lowest BCUT2D eigenvalue weighted by atomic mass is 9.89. The zero-order valence-corrected chi connectivity index (χ0v) is 13.8. The van der Waals surface area contributed by atoms with Crippen molar-refractivity contribution in [1.82, 2.24) is 5.32 Å². The second-order valence-electron chi connectivity index (χ2n) is 5.30. The van der Waals surface area contributed by atoms with Crippen molar-refractivity contribution in [3.8, 4) is 0 Å². The average molecular weight is 317 g/mol. The lowest BCUT2D eigenvalue weighted by molar-refractivity contribution is -0.162. The van der Waals surface area contributed by atoms with E-state index in [9.17, 15) is 19.5 Å². The van der Waals surface area contributed by atoms with Crippen molar-refractivity contribution >= 4 is 18.0 Å². The molecule has 0 bridgehead atoms. The van der Waals surface area contributed by atoms with Crippen LogP contribution in [0.5, 0.6) is 0 Å². The Morgan fingerprint density at radius 3 is 2.27 bits per heavy atom. The molecule has 0 rings (SSSR count). The van der Waals surface area contributed by atoms with Gasteiger partial charge in [-0.1, -0.05) is 33.1 Å². The predicted octanol–water partition coefficient (Wildman–Crippen LogP) is 2.54. The summed E-state index contributed by atoms with van der Waals surface area (Å²) < 4.78 is 9.43. The molecule has 1 amide bonds. The van der Waals surface area contributed by atoms with Gasteiger partial charge in [-0.05, 0) is 12.3 Å². The third kappa shape index (κ3) is 9.20. The zero-order valence-electron chi connectivity index (χ0n) is 13.8. The number of carbonyl (C=O) groups is 3. The highest BCUT2D eigenvalue weighted by molar-refractivity contribution is 5.72. The number of aliphatic carboxylic acids is 1. The van der Waals surface area contributed by atoms with Crippen LogP contribution in [-0.4, -0.2) is 36.0 Å². The summed E-state index contributed by atoms with van der Waals surface area (Å²) in [5.74, 6) is -1.84. The molecule has 3 atom stereocenters. The molecule has 0 aliphatic rings. The van der Waals surface area contributed by atoms with Crippen LogP contribution in [0.4, 0.5) is 4.79 Å². The van der Waals surface area contributed by atoms with Crippen LogP contribution in [0.1, 0.15) is 53.4 Å². The molecule has 128 valence electrons. The van der Waals surface area contributed by atoms with E-state index in [0.29, 0.717) is 12.3 Å². The topological polar surface area (TPSA) is 102 Å². The lowest BCUT2D eigenvalue weighted by Crippen LogP contribution is -2.36. The van der Waals surface area contributed by atoms with Gasteiger partial charge >= 0.3 is 18.0 Å². The molecule has 0 fully saturated rings. The summed E-state index contributed by atoms with van der Waals surface area (Å²) in [5, 5.41) is 11.6. The van der Waals surface area contributed by atoms with E-state index in [4.69, 9.17) is 4.74 Å². The number of carbonyl (C=O) groups excluding carboxylic acids is 2. The van der Waals surface area contributed by atoms with Gasteiger partial charge in [-0.15, -0.1) is 0 Å². The molecule has 1 unspecified atom stereocenters. The van der Waals surface area contributed by atoms with Crippen molar-refractivity contribution in [2.45, 2.75) is 59.7 Å². The van der Waals surface area contributed by atoms with Crippen molar-refractivity contribution in [1.29, 1.82) is 0 Å². The summed E-state index contributed by atoms with van der Waals surface area (Å²) in [7, 11) is 0. The number of hydrogen-bond acceptors (Lipinski definition) is 5. The van der Waals surface area contributed by atoms with Gasteiger partial charge in [0.25, 0.3) is 0 Å². The van der Waals surface area contributed by atoms with E-state index >= 15 is 0 Å². The Hall–Kier alpha value is -1.79. The van der Waals surface area contributed by atoms with Crippen LogP contribution in [0.2, 0.25) is 0 Å². The first-order chi connectivity index (χ1) is 10.3. The molecular formula is C15H27NO6. The smallest absolute Gasteiger partial charge is 0.410 e. The van der Waals surface area contributed by atoms with Crippen LogP contribution in [-0.2, 0) is 19.1 Å². The highest BCUT2D eigenvalue weighted by Crippen LogP contribution is 2.20. The van der Waals surface area contributed by atoms with Crippen LogP contribution in [0.3, 0.4) is 0 Å². The highest BCUT2D eigenvalue weighted by atomic mass is 16.7. The molecule has 7 heteroatoms. The van der Waals surface area contributed by atoms with Crippen LogP contribution >= 0.6 is 0 Å². The molecular weight excluding hydrogens is 290 g/mol. The zero-order chi connectivity index (χ0) is 17.1. The van der Waals surface area contributed by atoms with Crippen molar-refractivity contribution < 1.29 is 29.0 Å². The molecule has 0 aromatic carbocycles. The molecule has 0 spiro atoms. The molecule has 0 aliphatic heterocycles. The Labute approximate surface area is 131 Å². The van der Waals surface area contributed by atoms with Crippen molar-refractivity contribution in [3.63, 3.8) is 0 Å². The second-order valence-corrected chi connectivity index (χ2v) is 5.30. The third-order valence-electron chi connectivity index (χ3n) is 3.34. The summed E-state index contributed by atoms with van der Waals surface area (Å²) in [6.07, 6.45) is 1.58. The molecule has 0 saturated heterocycles. The lowest BCUT2D eigenvalue weighted by Gasteiger charge is -2.20. The fraction of sp³-hybridized carbons (Fsp3) is 0.800. The van der Waals surface area contributed by atoms with E-state index in [0.717, 1.165) is 19.3 Å². The monoisotopic (exact) mass is 317 g/mol. The fourth-order valence-electron chi connectivity index (χ4n) is 2.23. The van der Waals surface area contributed by atoms with E-state index in [1.807, 2.05) is 6.92 Å². The molecule has 0 heterocycles. The van der Waals surface area contributed by atoms with E-state index < -0.39 is 30.2 Å². The molecule has 0 aromatic heterocycles. The van der Waals surface area contributed by atoms with E-state index in [1.54, 1.807) is 0 Å². The number of rotatable bonds is 10. The number of hydrogen-bond donors (Lipinski definition) is 2. The van der Waals surface area contributed by atoms with Crippen molar-refractivity contribution in [2.24, 2.45) is 11.8 Å². The summed E-state index contributed by atoms with van der Waals surface area (Å²) in [5.41, 5.74) is 0. The number of esters is 1. The molecule has 22 heavy (non-hydrogen) atoms. The Bertz CT molecular complexity index is 371. The van der Waals surface area contributed by atoms with Crippen molar-refractivity contribution in [3.05, 3.63) is 0 Å². The molecule has 2 N–H and O–H groups in total. The second kappa shape index (κ2) is 10.9. The predicted molar refractivity (Wildman–Crippen MR) is 80.1 cm³/mol. The number of alkyl carbamates (subject to hydrolysis) is 1. The Morgan fingerprint density at radius 2 is 1.82 bits per heavy atom. The first kappa shape index (κ1) is 20.2. The fourth-order valence-corrected chi connectivity index (χ4v) is 2.23. The Morgan fingerprint density at radius 1 is 1.18 bits per heavy atom. The van der Waals surface area contributed by atoms with Gasteiger partial charge in [0, 0.05) is 20.4 Å². The van der Waals surface area contributed by atoms with Gasteiger partial charge in [0.15, 0.2) is 0 Å². The average Bonchev–Trinajstić information content (AvgIpc) is 2.40. The van der Waals surface area contributed by atoms with Crippen LogP contribution in [0.25, 0.3) is 0 Å². The summed E-state index contributed by atoms with van der Waals surface area (Å²) in [6.45, 7) is 6.69. The van der Waals surface area contributed by atoms with Gasteiger partial charge < -0.3 is 19.9 Å². The van der Waals surface area contributed by atoms with Gasteiger partial charge in [-0.3, -0.25) is 9.59 Å². The molecule has 0 aromatic rings. The molecule has 0 saturated carbocycles. The maximum absolute atomic E-state index is 11.5. The Balaban J connectivity index is 4.31. The maximum Gasteiger partial charge on any atom is 0.410 e. The van der Waals surface area contributed by atoms with Gasteiger partial charge in [-0.25, -0.2) is 4.79 Å². The van der Waals surface area contributed by atoms with Crippen LogP contribution in [0.15, 0.2) is 0 Å². The first-order valence-corrected chi connectivity index (χ1v) is 7.64. The van der Waals surface area contributed by atoms with Gasteiger partial charge in [0.05, 0.1) is 5.92 Å². The highest BCUT2D eigenvalue weighted by Gasteiger charge is 2.23. The van der Waals surface area contributed by atoms with E-state index in [1.165, 1.54) is 13.8 Å². The van der Waals surface area contributed by atoms with Crippen LogP contribution in [0, 0.1) is 11.8 Å². The minimum Gasteiger partial charge on any atom is -0.481 e. The van der Waals surface area contributed by atoms with E-state index in [-0.39, 0.29) is 6.54 Å². The van der Waals surface area contributed by atoms with Crippen LogP contribution < -0.4 is 5.32 Å².